The SMILES string of the molecule is C1=CC2=NC1=CC1=CCC(C=C3C=CC(=N3)C=c3ccc([nH]3)=C2)N1.[Fe]. The molecule has 25 heavy (non-hydrogen) atoms. The van der Waals surface area contributed by atoms with Crippen LogP contribution < -0.4 is 16.0 Å². The van der Waals surface area contributed by atoms with Gasteiger partial charge in [0.2, 0.25) is 0 Å². The van der Waals surface area contributed by atoms with Gasteiger partial charge in [0.25, 0.3) is 0 Å². The number of nitrogens with zero attached hydrogens (tertiary/aromatic N) is 2. The minimum Gasteiger partial charge on any atom is -0.379 e. The van der Waals surface area contributed by atoms with Crippen molar-refractivity contribution in [1.29, 1.82) is 0 Å². The number of aromatic amines is 1. The first kappa shape index (κ1) is 15.9. The van der Waals surface area contributed by atoms with Crippen molar-refractivity contribution in [2.75, 3.05) is 0 Å². The Bertz CT molecular complexity index is 1060. The van der Waals surface area contributed by atoms with Gasteiger partial charge in [-0.1, -0.05) is 6.08 Å². The summed E-state index contributed by atoms with van der Waals surface area (Å²) in [5.41, 5.74) is 5.02. The second kappa shape index (κ2) is 6.36. The van der Waals surface area contributed by atoms with Crippen molar-refractivity contribution in [3.63, 3.8) is 0 Å². The van der Waals surface area contributed by atoms with Crippen LogP contribution in [-0.2, 0) is 17.1 Å². The Kier molecular flexibility index (Phi) is 4.04. The van der Waals surface area contributed by atoms with Crippen LogP contribution in [0.4, 0.5) is 0 Å². The predicted octanol–water partition coefficient (Wildman–Crippen LogP) is 1.62. The van der Waals surface area contributed by atoms with Crippen molar-refractivity contribution in [2.24, 2.45) is 9.98 Å². The number of aromatic nitrogens is 1. The molecule has 4 nitrogen and oxygen atoms in total. The van der Waals surface area contributed by atoms with E-state index in [1.54, 1.807) is 0 Å². The first-order valence-corrected chi connectivity index (χ1v) is 8.12. The van der Waals surface area contributed by atoms with E-state index in [9.17, 15) is 0 Å². The van der Waals surface area contributed by atoms with Gasteiger partial charge < -0.3 is 10.3 Å². The average Bonchev–Trinajstić information content (AvgIpc) is 3.32. The molecule has 0 aromatic carbocycles. The zero-order valence-electron chi connectivity index (χ0n) is 13.4. The van der Waals surface area contributed by atoms with Gasteiger partial charge in [-0.2, -0.15) is 0 Å². The molecule has 1 unspecified atom stereocenters. The summed E-state index contributed by atoms with van der Waals surface area (Å²) in [6.45, 7) is 0. The van der Waals surface area contributed by atoms with Crippen molar-refractivity contribution in [1.82, 2.24) is 10.3 Å². The number of H-pyrrole nitrogens is 1. The molecular formula is C20H16FeN4. The summed E-state index contributed by atoms with van der Waals surface area (Å²) >= 11 is 0. The molecule has 5 rings (SSSR count). The maximum Gasteiger partial charge on any atom is 0.0658 e. The third-order valence-electron chi connectivity index (χ3n) is 4.32. The number of fused-ring (bicyclic) bond motifs is 6. The molecule has 1 aromatic rings. The van der Waals surface area contributed by atoms with Gasteiger partial charge in [0.05, 0.1) is 28.9 Å². The van der Waals surface area contributed by atoms with Crippen LogP contribution in [0.3, 0.4) is 0 Å². The summed E-state index contributed by atoms with van der Waals surface area (Å²) in [5.74, 6) is 0. The zero-order valence-corrected chi connectivity index (χ0v) is 14.5. The second-order valence-electron chi connectivity index (χ2n) is 6.20. The maximum atomic E-state index is 4.68. The quantitative estimate of drug-likeness (QED) is 0.672. The van der Waals surface area contributed by atoms with Crippen LogP contribution in [0.2, 0.25) is 0 Å². The predicted molar refractivity (Wildman–Crippen MR) is 97.9 cm³/mol. The van der Waals surface area contributed by atoms with Crippen LogP contribution in [0, 0.1) is 0 Å². The number of rotatable bonds is 0. The van der Waals surface area contributed by atoms with Crippen LogP contribution in [0.5, 0.6) is 0 Å². The minimum atomic E-state index is 0. The van der Waals surface area contributed by atoms with Crippen molar-refractivity contribution in [2.45, 2.75) is 12.5 Å². The molecule has 0 saturated heterocycles. The van der Waals surface area contributed by atoms with Crippen molar-refractivity contribution in [3.8, 4) is 0 Å². The Morgan fingerprint density at radius 2 is 1.52 bits per heavy atom. The number of nitrogens with one attached hydrogen (secondary N) is 2. The third kappa shape index (κ3) is 3.29. The summed E-state index contributed by atoms with van der Waals surface area (Å²) in [4.78, 5) is 12.7. The molecule has 1 aromatic heterocycles. The van der Waals surface area contributed by atoms with Crippen LogP contribution >= 0.6 is 0 Å². The maximum absolute atomic E-state index is 4.68. The van der Waals surface area contributed by atoms with Crippen LogP contribution in [0.1, 0.15) is 6.42 Å². The average molecular weight is 368 g/mol. The molecule has 4 aliphatic heterocycles. The molecule has 1 atom stereocenters. The van der Waals surface area contributed by atoms with Gasteiger partial charge in [-0.25, -0.2) is 9.98 Å². The van der Waals surface area contributed by atoms with Gasteiger partial charge >= 0.3 is 0 Å². The van der Waals surface area contributed by atoms with Crippen LogP contribution in [0.25, 0.3) is 12.2 Å². The first-order chi connectivity index (χ1) is 11.8. The Hall–Kier alpha value is -2.62. The number of hydrogen-bond acceptors (Lipinski definition) is 3. The van der Waals surface area contributed by atoms with E-state index >= 15 is 0 Å². The van der Waals surface area contributed by atoms with Crippen LogP contribution in [-0.4, -0.2) is 22.4 Å². The Labute approximate surface area is 156 Å². The van der Waals surface area contributed by atoms with E-state index in [1.165, 1.54) is 0 Å². The Balaban J connectivity index is 0.00000157. The number of aliphatic imine (C=N–C) groups is 2. The fourth-order valence-corrected chi connectivity index (χ4v) is 3.20. The molecule has 124 valence electrons. The van der Waals surface area contributed by atoms with Gasteiger partial charge in [-0.05, 0) is 67.2 Å². The van der Waals surface area contributed by atoms with Gasteiger partial charge in [0.15, 0.2) is 0 Å². The van der Waals surface area contributed by atoms with E-state index in [2.05, 4.69) is 68.9 Å². The minimum absolute atomic E-state index is 0. The topological polar surface area (TPSA) is 52.5 Å². The fourth-order valence-electron chi connectivity index (χ4n) is 3.20. The van der Waals surface area contributed by atoms with E-state index in [0.717, 1.165) is 45.6 Å². The van der Waals surface area contributed by atoms with Crippen molar-refractivity contribution in [3.05, 3.63) is 82.5 Å². The largest absolute Gasteiger partial charge is 0.379 e. The van der Waals surface area contributed by atoms with E-state index in [4.69, 9.17) is 0 Å². The molecule has 0 fully saturated rings. The molecule has 0 radical (unpaired) electrons. The van der Waals surface area contributed by atoms with E-state index in [0.29, 0.717) is 0 Å². The summed E-state index contributed by atoms with van der Waals surface area (Å²) in [6, 6.07) is 4.40. The molecule has 8 bridgehead atoms. The zero-order chi connectivity index (χ0) is 15.9. The number of allylic oxidation sites excluding steroid dienone is 5. The Morgan fingerprint density at radius 1 is 0.840 bits per heavy atom. The van der Waals surface area contributed by atoms with Gasteiger partial charge in [-0.3, -0.25) is 0 Å². The van der Waals surface area contributed by atoms with E-state index < -0.39 is 0 Å². The fraction of sp³-hybridized carbons (Fsp3) is 0.100. The van der Waals surface area contributed by atoms with Crippen molar-refractivity contribution >= 4 is 23.6 Å². The third-order valence-corrected chi connectivity index (χ3v) is 4.32. The normalized spacial score (nSPS) is 22.6. The Morgan fingerprint density at radius 3 is 2.28 bits per heavy atom. The summed E-state index contributed by atoms with van der Waals surface area (Å²) in [7, 11) is 0. The molecule has 0 saturated carbocycles. The van der Waals surface area contributed by atoms with E-state index in [-0.39, 0.29) is 23.1 Å². The summed E-state index contributed by atoms with van der Waals surface area (Å²) < 4.78 is 0. The molecule has 4 aliphatic rings. The summed E-state index contributed by atoms with van der Waals surface area (Å²) in [5, 5.41) is 5.59. The molecule has 0 aliphatic carbocycles. The molecule has 5 heterocycles. The molecule has 2 N–H and O–H groups in total. The van der Waals surface area contributed by atoms with Crippen molar-refractivity contribution < 1.29 is 17.1 Å². The molecular weight excluding hydrogens is 352 g/mol. The first-order valence-electron chi connectivity index (χ1n) is 8.12. The van der Waals surface area contributed by atoms with Gasteiger partial charge in [-0.15, -0.1) is 0 Å². The second-order valence-corrected chi connectivity index (χ2v) is 6.20. The molecule has 0 amide bonds. The van der Waals surface area contributed by atoms with Crippen LogP contribution in [0.15, 0.2) is 81.7 Å². The standard InChI is InChI=1S/C20H16N4.Fe/c1-2-14-10-16-5-6-18(23-16)12-20-8-7-19(24-20)11-17-4-3-15(22-17)9-13(1)21-14;/h1-7,9-12,20-21,24H,8H2;. The molecule has 5 heteroatoms. The monoisotopic (exact) mass is 368 g/mol. The summed E-state index contributed by atoms with van der Waals surface area (Å²) in [6.07, 6.45) is 19.8. The van der Waals surface area contributed by atoms with Gasteiger partial charge in [0.1, 0.15) is 0 Å². The number of hydrogen-bond donors (Lipinski definition) is 2. The van der Waals surface area contributed by atoms with Gasteiger partial charge in [0, 0.05) is 33.5 Å². The van der Waals surface area contributed by atoms with E-state index in [1.807, 2.05) is 18.2 Å². The smallest absolute Gasteiger partial charge is 0.0658 e. The molecule has 0 spiro atoms.